The van der Waals surface area contributed by atoms with Crippen LogP contribution >= 0.6 is 0 Å². The molecule has 0 aromatic carbocycles. The Labute approximate surface area is 97.5 Å². The van der Waals surface area contributed by atoms with Crippen LogP contribution in [0.1, 0.15) is 37.5 Å². The van der Waals surface area contributed by atoms with Crippen LogP contribution in [0.25, 0.3) is 0 Å². The fraction of sp³-hybridized carbons (Fsp3) is 0.545. The predicted molar refractivity (Wildman–Crippen MR) is 58.7 cm³/mol. The van der Waals surface area contributed by atoms with Gasteiger partial charge in [-0.3, -0.25) is 9.09 Å². The highest BCUT2D eigenvalue weighted by atomic mass is 16.5. The van der Waals surface area contributed by atoms with E-state index in [0.29, 0.717) is 12.2 Å². The van der Waals surface area contributed by atoms with E-state index in [2.05, 4.69) is 9.68 Å². The lowest BCUT2D eigenvalue weighted by Crippen LogP contribution is -2.21. The van der Waals surface area contributed by atoms with Gasteiger partial charge in [0.1, 0.15) is 0 Å². The fourth-order valence-electron chi connectivity index (χ4n) is 2.15. The summed E-state index contributed by atoms with van der Waals surface area (Å²) in [5, 5.41) is 12.3. The molecule has 0 saturated heterocycles. The van der Waals surface area contributed by atoms with Crippen LogP contribution in [0.15, 0.2) is 21.5 Å². The molecule has 6 nitrogen and oxygen atoms in total. The van der Waals surface area contributed by atoms with E-state index in [1.807, 2.05) is 0 Å². The summed E-state index contributed by atoms with van der Waals surface area (Å²) in [5.74, 6) is -0.756. The van der Waals surface area contributed by atoms with Crippen molar-refractivity contribution in [2.45, 2.75) is 38.1 Å². The summed E-state index contributed by atoms with van der Waals surface area (Å²) in [6.07, 6.45) is 6.76. The van der Waals surface area contributed by atoms with Crippen LogP contribution in [-0.2, 0) is 11.2 Å². The second-order valence-corrected chi connectivity index (χ2v) is 4.11. The van der Waals surface area contributed by atoms with E-state index in [1.54, 1.807) is 10.6 Å². The van der Waals surface area contributed by atoms with Crippen LogP contribution in [0.5, 0.6) is 0 Å². The number of aromatic nitrogens is 2. The molecule has 1 N–H and O–H groups in total. The third-order valence-corrected chi connectivity index (χ3v) is 2.93. The zero-order valence-electron chi connectivity index (χ0n) is 9.33. The summed E-state index contributed by atoms with van der Waals surface area (Å²) in [4.78, 5) is 21.9. The summed E-state index contributed by atoms with van der Waals surface area (Å²) < 4.78 is 6.20. The summed E-state index contributed by atoms with van der Waals surface area (Å²) in [7, 11) is 0. The molecule has 0 bridgehead atoms. The number of nitrogens with zero attached hydrogens (tertiary/aromatic N) is 2. The van der Waals surface area contributed by atoms with Crippen molar-refractivity contribution >= 4 is 5.97 Å². The standard InChI is InChI=1S/C11H14N2O4/c14-10(15)7-3-5-8-4-1-2-6-9-12-17-11(16)13(8)9/h3,7-8H,1-2,4-6H2,(H,14,15)/b7-3+. The molecule has 1 aromatic rings. The molecule has 2 rings (SSSR count). The van der Waals surface area contributed by atoms with Crippen LogP contribution in [0.4, 0.5) is 0 Å². The maximum absolute atomic E-state index is 11.5. The summed E-state index contributed by atoms with van der Waals surface area (Å²) >= 11 is 0. The number of aryl methyl sites for hydroxylation is 1. The smallest absolute Gasteiger partial charge is 0.441 e. The Morgan fingerprint density at radius 2 is 2.41 bits per heavy atom. The van der Waals surface area contributed by atoms with Gasteiger partial charge in [-0.1, -0.05) is 17.7 Å². The molecule has 0 aliphatic carbocycles. The zero-order valence-corrected chi connectivity index (χ0v) is 9.33. The summed E-state index contributed by atoms with van der Waals surface area (Å²) in [6.45, 7) is 0. The number of carboxylic acid groups (broad SMARTS) is 1. The van der Waals surface area contributed by atoms with E-state index in [9.17, 15) is 9.59 Å². The first-order valence-electron chi connectivity index (χ1n) is 5.65. The minimum atomic E-state index is -0.975. The van der Waals surface area contributed by atoms with Crippen molar-refractivity contribution in [3.8, 4) is 0 Å². The molecule has 17 heavy (non-hydrogen) atoms. The van der Waals surface area contributed by atoms with E-state index in [0.717, 1.165) is 31.8 Å². The van der Waals surface area contributed by atoms with E-state index in [1.165, 1.54) is 0 Å². The van der Waals surface area contributed by atoms with Crippen LogP contribution in [0, 0.1) is 0 Å². The molecule has 0 saturated carbocycles. The predicted octanol–water partition coefficient (Wildman–Crippen LogP) is 1.13. The van der Waals surface area contributed by atoms with E-state index in [-0.39, 0.29) is 6.04 Å². The molecule has 1 aromatic heterocycles. The van der Waals surface area contributed by atoms with Gasteiger partial charge in [0, 0.05) is 18.5 Å². The molecule has 6 heteroatoms. The SMILES string of the molecule is O=C(O)/C=C/CC1CCCCc2noc(=O)n21. The average Bonchev–Trinajstić information content (AvgIpc) is 2.52. The van der Waals surface area contributed by atoms with Crippen molar-refractivity contribution in [2.24, 2.45) is 0 Å². The van der Waals surface area contributed by atoms with Gasteiger partial charge in [0.15, 0.2) is 5.82 Å². The summed E-state index contributed by atoms with van der Waals surface area (Å²) in [5.41, 5.74) is 0. The first-order valence-corrected chi connectivity index (χ1v) is 5.65. The third kappa shape index (κ3) is 2.64. The van der Waals surface area contributed by atoms with Gasteiger partial charge in [-0.2, -0.15) is 0 Å². The largest absolute Gasteiger partial charge is 0.478 e. The van der Waals surface area contributed by atoms with Gasteiger partial charge in [0.2, 0.25) is 0 Å². The number of rotatable bonds is 3. The Balaban J connectivity index is 2.19. The van der Waals surface area contributed by atoms with Gasteiger partial charge < -0.3 is 5.11 Å². The second kappa shape index (κ2) is 4.99. The minimum Gasteiger partial charge on any atom is -0.478 e. The molecule has 1 unspecified atom stereocenters. The highest BCUT2D eigenvalue weighted by Crippen LogP contribution is 2.24. The fourth-order valence-corrected chi connectivity index (χ4v) is 2.15. The van der Waals surface area contributed by atoms with Gasteiger partial charge in [-0.25, -0.2) is 9.59 Å². The van der Waals surface area contributed by atoms with Crippen LogP contribution < -0.4 is 5.76 Å². The van der Waals surface area contributed by atoms with Crippen molar-refractivity contribution in [1.82, 2.24) is 9.72 Å². The first kappa shape index (κ1) is 11.6. The molecule has 0 fully saturated rings. The average molecular weight is 238 g/mol. The van der Waals surface area contributed by atoms with Crippen molar-refractivity contribution in [1.29, 1.82) is 0 Å². The van der Waals surface area contributed by atoms with E-state index >= 15 is 0 Å². The Morgan fingerprint density at radius 1 is 1.59 bits per heavy atom. The number of aliphatic carboxylic acids is 1. The number of hydrogen-bond acceptors (Lipinski definition) is 4. The number of hydrogen-bond donors (Lipinski definition) is 1. The van der Waals surface area contributed by atoms with Gasteiger partial charge in [0.25, 0.3) is 0 Å². The van der Waals surface area contributed by atoms with E-state index < -0.39 is 11.7 Å². The molecule has 1 aliphatic rings. The lowest BCUT2D eigenvalue weighted by atomic mass is 10.1. The van der Waals surface area contributed by atoms with Gasteiger partial charge >= 0.3 is 11.7 Å². The quantitative estimate of drug-likeness (QED) is 0.798. The number of fused-ring (bicyclic) bond motifs is 1. The number of allylic oxidation sites excluding steroid dienone is 1. The maximum atomic E-state index is 11.5. The Bertz CT molecular complexity index is 486. The highest BCUT2D eigenvalue weighted by molar-refractivity contribution is 5.79. The first-order chi connectivity index (χ1) is 8.18. The molecule has 92 valence electrons. The maximum Gasteiger partial charge on any atom is 0.441 e. The molecule has 0 spiro atoms. The lowest BCUT2D eigenvalue weighted by Gasteiger charge is -2.13. The van der Waals surface area contributed by atoms with Crippen LogP contribution in [0.3, 0.4) is 0 Å². The van der Waals surface area contributed by atoms with Crippen molar-refractivity contribution in [3.63, 3.8) is 0 Å². The molecule has 0 radical (unpaired) electrons. The number of carbonyl (C=O) groups is 1. The molecule has 1 aliphatic heterocycles. The topological polar surface area (TPSA) is 85.3 Å². The monoisotopic (exact) mass is 238 g/mol. The van der Waals surface area contributed by atoms with Crippen molar-refractivity contribution in [2.75, 3.05) is 0 Å². The Hall–Kier alpha value is -1.85. The highest BCUT2D eigenvalue weighted by Gasteiger charge is 2.21. The third-order valence-electron chi connectivity index (χ3n) is 2.93. The molecular formula is C11H14N2O4. The Morgan fingerprint density at radius 3 is 3.18 bits per heavy atom. The van der Waals surface area contributed by atoms with Crippen molar-refractivity contribution in [3.05, 3.63) is 28.5 Å². The molecule has 2 heterocycles. The van der Waals surface area contributed by atoms with Gasteiger partial charge in [0.05, 0.1) is 0 Å². The second-order valence-electron chi connectivity index (χ2n) is 4.11. The van der Waals surface area contributed by atoms with Crippen molar-refractivity contribution < 1.29 is 14.4 Å². The summed E-state index contributed by atoms with van der Waals surface area (Å²) in [6, 6.07) is -0.0400. The molecule has 1 atom stereocenters. The number of carboxylic acids is 1. The van der Waals surface area contributed by atoms with E-state index in [4.69, 9.17) is 5.11 Å². The molecular weight excluding hydrogens is 224 g/mol. The van der Waals surface area contributed by atoms with Gasteiger partial charge in [-0.15, -0.1) is 0 Å². The Kier molecular flexibility index (Phi) is 3.41. The zero-order chi connectivity index (χ0) is 12.3. The normalized spacial score (nSPS) is 20.1. The lowest BCUT2D eigenvalue weighted by molar-refractivity contribution is -0.131. The van der Waals surface area contributed by atoms with Gasteiger partial charge in [-0.05, 0) is 19.3 Å². The van der Waals surface area contributed by atoms with Crippen LogP contribution in [0.2, 0.25) is 0 Å². The minimum absolute atomic E-state index is 0.0400. The van der Waals surface area contributed by atoms with Crippen LogP contribution in [-0.4, -0.2) is 20.8 Å². The molecule has 0 amide bonds.